The Bertz CT molecular complexity index is 960. The summed E-state index contributed by atoms with van der Waals surface area (Å²) in [6.45, 7) is 16.4. The molecule has 1 aromatic carbocycles. The Morgan fingerprint density at radius 3 is 2.44 bits per heavy atom. The number of carbonyl (C=O) groups is 1. The Morgan fingerprint density at radius 1 is 1.25 bits per heavy atom. The molecule has 1 unspecified atom stereocenters. The number of likely N-dealkylation sites (N-methyl/N-ethyl adjacent to an activating group) is 1. The average molecular weight is 496 g/mol. The third-order valence-electron chi connectivity index (χ3n) is 5.02. The van der Waals surface area contributed by atoms with E-state index in [0.717, 1.165) is 36.5 Å². The van der Waals surface area contributed by atoms with E-state index in [2.05, 4.69) is 35.6 Å². The lowest BCUT2D eigenvalue weighted by Crippen LogP contribution is -2.25. The van der Waals surface area contributed by atoms with E-state index in [1.807, 2.05) is 51.2 Å². The zero-order valence-corrected chi connectivity index (χ0v) is 22.6. The molecule has 0 heterocycles. The molecule has 0 aliphatic rings. The van der Waals surface area contributed by atoms with Gasteiger partial charge in [-0.2, -0.15) is 0 Å². The quantitative estimate of drug-likeness (QED) is 0.146. The second kappa shape index (κ2) is 19.8. The van der Waals surface area contributed by atoms with Crippen molar-refractivity contribution < 1.29 is 13.9 Å². The van der Waals surface area contributed by atoms with E-state index in [1.54, 1.807) is 38.0 Å². The molecule has 0 radical (unpaired) electrons. The van der Waals surface area contributed by atoms with Crippen LogP contribution >= 0.6 is 0 Å². The summed E-state index contributed by atoms with van der Waals surface area (Å²) in [6, 6.07) is 10.3. The molecule has 5 nitrogen and oxygen atoms in total. The molecule has 0 aromatic heterocycles. The highest BCUT2D eigenvalue weighted by molar-refractivity contribution is 5.82. The van der Waals surface area contributed by atoms with Gasteiger partial charge in [0.1, 0.15) is 12.1 Å². The van der Waals surface area contributed by atoms with E-state index in [0.29, 0.717) is 12.2 Å². The van der Waals surface area contributed by atoms with Crippen LogP contribution in [0.15, 0.2) is 108 Å². The van der Waals surface area contributed by atoms with Gasteiger partial charge in [0.15, 0.2) is 0 Å². The maximum absolute atomic E-state index is 13.2. The molecular weight excluding hydrogens is 453 g/mol. The molecule has 0 aliphatic carbocycles. The standard InChI is InChI=1S/C21H30FN3O.C9H12O/c1-8-19(22)12-11-17(5)25(7)20(9-2)13-14-21(16(4)15-26)24-18(6)23-10-3;1-10-8-7-9-5-3-2-4-6-9/h8-9,11-16H,2,5,10H2,1,3-4,6-7H3,(H,23,24);2-6H,7-8H2,1H3/b12-11-,19-8+,20-13+,21-14+;. The Labute approximate surface area is 217 Å². The van der Waals surface area contributed by atoms with Gasteiger partial charge in [-0.05, 0) is 63.1 Å². The van der Waals surface area contributed by atoms with E-state index in [-0.39, 0.29) is 11.7 Å². The molecule has 1 atom stereocenters. The number of nitrogens with one attached hydrogen (secondary N) is 1. The largest absolute Gasteiger partial charge is 0.384 e. The number of allylic oxidation sites excluding steroid dienone is 8. The van der Waals surface area contributed by atoms with Crippen LogP contribution in [0.1, 0.15) is 33.3 Å². The number of nitrogens with zero attached hydrogens (tertiary/aromatic N) is 2. The van der Waals surface area contributed by atoms with Crippen LogP contribution in [0.5, 0.6) is 0 Å². The van der Waals surface area contributed by atoms with Crippen LogP contribution in [0.4, 0.5) is 4.39 Å². The van der Waals surface area contributed by atoms with Gasteiger partial charge in [0, 0.05) is 37.8 Å². The molecule has 0 bridgehead atoms. The smallest absolute Gasteiger partial charge is 0.128 e. The second-order valence-electron chi connectivity index (χ2n) is 7.81. The second-order valence-corrected chi connectivity index (χ2v) is 7.81. The molecule has 0 amide bonds. The summed E-state index contributed by atoms with van der Waals surface area (Å²) >= 11 is 0. The van der Waals surface area contributed by atoms with Gasteiger partial charge in [0.05, 0.1) is 18.4 Å². The number of methoxy groups -OCH3 is 1. The van der Waals surface area contributed by atoms with Crippen molar-refractivity contribution in [3.8, 4) is 0 Å². The van der Waals surface area contributed by atoms with Gasteiger partial charge in [-0.25, -0.2) is 4.39 Å². The lowest BCUT2D eigenvalue weighted by Gasteiger charge is -2.20. The van der Waals surface area contributed by atoms with Crippen LogP contribution < -0.4 is 5.32 Å². The lowest BCUT2D eigenvalue weighted by molar-refractivity contribution is -0.109. The summed E-state index contributed by atoms with van der Waals surface area (Å²) in [4.78, 5) is 17.2. The van der Waals surface area contributed by atoms with Crippen molar-refractivity contribution in [3.05, 3.63) is 108 Å². The molecule has 0 spiro atoms. The first-order chi connectivity index (χ1) is 17.2. The molecule has 36 heavy (non-hydrogen) atoms. The fourth-order valence-corrected chi connectivity index (χ4v) is 2.77. The summed E-state index contributed by atoms with van der Waals surface area (Å²) in [7, 11) is 3.53. The van der Waals surface area contributed by atoms with Crippen LogP contribution in [-0.4, -0.2) is 44.3 Å². The SMILES string of the molecule is C=C/C(=C\C=C(\NC(C)=NCC)C(C)C=O)N(C)C(=C)/C=C\C(F)=C/C.COCCc1ccccc1. The van der Waals surface area contributed by atoms with Gasteiger partial charge >= 0.3 is 0 Å². The van der Waals surface area contributed by atoms with Gasteiger partial charge in [-0.3, -0.25) is 4.99 Å². The van der Waals surface area contributed by atoms with Crippen molar-refractivity contribution in [2.45, 2.75) is 34.1 Å². The Hall–Kier alpha value is -3.51. The highest BCUT2D eigenvalue weighted by Gasteiger charge is 2.08. The minimum atomic E-state index is -0.333. The summed E-state index contributed by atoms with van der Waals surface area (Å²) in [5, 5.41) is 3.15. The number of hydrogen-bond donors (Lipinski definition) is 1. The predicted octanol–water partition coefficient (Wildman–Crippen LogP) is 6.55. The van der Waals surface area contributed by atoms with Gasteiger partial charge in [0.2, 0.25) is 0 Å². The molecule has 1 rings (SSSR count). The maximum atomic E-state index is 13.2. The van der Waals surface area contributed by atoms with Crippen LogP contribution in [0.2, 0.25) is 0 Å². The van der Waals surface area contributed by atoms with Crippen LogP contribution in [0.3, 0.4) is 0 Å². The van der Waals surface area contributed by atoms with Crippen molar-refractivity contribution in [1.29, 1.82) is 0 Å². The number of benzene rings is 1. The predicted molar refractivity (Wildman–Crippen MR) is 151 cm³/mol. The summed E-state index contributed by atoms with van der Waals surface area (Å²) in [5.74, 6) is 0.0978. The number of amidine groups is 1. The van der Waals surface area contributed by atoms with E-state index >= 15 is 0 Å². The molecular formula is C30H42FN3O2. The maximum Gasteiger partial charge on any atom is 0.128 e. The number of halogens is 1. The first-order valence-electron chi connectivity index (χ1n) is 12.0. The average Bonchev–Trinajstić information content (AvgIpc) is 2.90. The van der Waals surface area contributed by atoms with Gasteiger partial charge in [0.25, 0.3) is 0 Å². The zero-order valence-electron chi connectivity index (χ0n) is 22.6. The molecule has 1 aromatic rings. The van der Waals surface area contributed by atoms with Crippen molar-refractivity contribution in [2.24, 2.45) is 10.9 Å². The number of hydrogen-bond acceptors (Lipinski definition) is 4. The Morgan fingerprint density at radius 2 is 1.92 bits per heavy atom. The lowest BCUT2D eigenvalue weighted by atomic mass is 10.1. The number of carbonyl (C=O) groups excluding carboxylic acids is 1. The van der Waals surface area contributed by atoms with Gasteiger partial charge < -0.3 is 19.7 Å². The van der Waals surface area contributed by atoms with Gasteiger partial charge in [-0.15, -0.1) is 0 Å². The first-order valence-corrected chi connectivity index (χ1v) is 12.0. The highest BCUT2D eigenvalue weighted by Crippen LogP contribution is 2.14. The first kappa shape index (κ1) is 32.5. The number of aldehydes is 1. The monoisotopic (exact) mass is 495 g/mol. The van der Waals surface area contributed by atoms with Crippen molar-refractivity contribution >= 4 is 12.1 Å². The minimum Gasteiger partial charge on any atom is -0.384 e. The molecule has 0 saturated carbocycles. The van der Waals surface area contributed by atoms with Crippen molar-refractivity contribution in [3.63, 3.8) is 0 Å². The normalized spacial score (nSPS) is 13.5. The van der Waals surface area contributed by atoms with Crippen LogP contribution in [0.25, 0.3) is 0 Å². The molecule has 0 saturated heterocycles. The Balaban J connectivity index is 0.00000101. The minimum absolute atomic E-state index is 0.309. The zero-order chi connectivity index (χ0) is 27.3. The van der Waals surface area contributed by atoms with Crippen molar-refractivity contribution in [2.75, 3.05) is 27.3 Å². The topological polar surface area (TPSA) is 53.9 Å². The summed E-state index contributed by atoms with van der Waals surface area (Å²) in [6.07, 6.45) is 11.5. The number of ether oxygens (including phenoxy) is 1. The third kappa shape index (κ3) is 14.0. The van der Waals surface area contributed by atoms with Crippen LogP contribution in [-0.2, 0) is 16.0 Å². The van der Waals surface area contributed by atoms with Crippen LogP contribution in [0, 0.1) is 5.92 Å². The highest BCUT2D eigenvalue weighted by atomic mass is 19.1. The fourth-order valence-electron chi connectivity index (χ4n) is 2.77. The summed E-state index contributed by atoms with van der Waals surface area (Å²) in [5.41, 5.74) is 3.42. The molecule has 0 aliphatic heterocycles. The van der Waals surface area contributed by atoms with E-state index < -0.39 is 0 Å². The summed E-state index contributed by atoms with van der Waals surface area (Å²) < 4.78 is 18.2. The Kier molecular flexibility index (Phi) is 17.8. The number of rotatable bonds is 13. The van der Waals surface area contributed by atoms with E-state index in [4.69, 9.17) is 4.74 Å². The molecule has 1 N–H and O–H groups in total. The molecule has 0 fully saturated rings. The number of aliphatic imine (C=N–C) groups is 1. The van der Waals surface area contributed by atoms with Gasteiger partial charge in [-0.1, -0.05) is 56.5 Å². The van der Waals surface area contributed by atoms with E-state index in [1.165, 1.54) is 17.7 Å². The molecule has 6 heteroatoms. The fraction of sp³-hybridized carbons (Fsp3) is 0.333. The van der Waals surface area contributed by atoms with E-state index in [9.17, 15) is 9.18 Å². The molecule has 196 valence electrons. The van der Waals surface area contributed by atoms with Crippen molar-refractivity contribution in [1.82, 2.24) is 10.2 Å². The third-order valence-corrected chi connectivity index (χ3v) is 5.02.